The van der Waals surface area contributed by atoms with E-state index in [1.165, 1.54) is 141 Å². The molecular weight excluding hydrogens is 829 g/mol. The summed E-state index contributed by atoms with van der Waals surface area (Å²) in [7, 11) is 0. The van der Waals surface area contributed by atoms with Crippen LogP contribution < -0.4 is 0 Å². The fraction of sp³-hybridized carbons (Fsp3) is 0.754. The lowest BCUT2D eigenvalue weighted by atomic mass is 10.0. The maximum Gasteiger partial charge on any atom is 0.306 e. The zero-order valence-electron chi connectivity index (χ0n) is 44.2. The molecule has 0 aromatic rings. The van der Waals surface area contributed by atoms with Crippen molar-refractivity contribution in [3.05, 3.63) is 72.9 Å². The first-order valence-electron chi connectivity index (χ1n) is 28.4. The van der Waals surface area contributed by atoms with Gasteiger partial charge in [-0.25, -0.2) is 0 Å². The maximum atomic E-state index is 12.8. The van der Waals surface area contributed by atoms with Gasteiger partial charge in [-0.2, -0.15) is 0 Å². The van der Waals surface area contributed by atoms with E-state index in [0.717, 1.165) is 96.3 Å². The van der Waals surface area contributed by atoms with Crippen molar-refractivity contribution in [3.8, 4) is 0 Å². The van der Waals surface area contributed by atoms with E-state index < -0.39 is 6.10 Å². The Hall–Kier alpha value is -3.15. The average molecular weight is 936 g/mol. The predicted octanol–water partition coefficient (Wildman–Crippen LogP) is 19.0. The van der Waals surface area contributed by atoms with E-state index in [1.807, 2.05) is 0 Å². The Bertz CT molecular complexity index is 1260. The number of hydrogen-bond donors (Lipinski definition) is 0. The number of unbranched alkanes of at least 4 members (excludes halogenated alkanes) is 28. The Morgan fingerprint density at radius 3 is 0.910 bits per heavy atom. The molecule has 0 aliphatic heterocycles. The fourth-order valence-electron chi connectivity index (χ4n) is 7.98. The molecule has 67 heavy (non-hydrogen) atoms. The van der Waals surface area contributed by atoms with Crippen LogP contribution in [0, 0.1) is 0 Å². The standard InChI is InChI=1S/C61H106O6/c1-4-7-10-13-16-19-22-24-26-28-30-31-32-34-35-37-39-42-45-48-51-54-60(63)66-57-58(56-65-59(62)53-50-47-44-41-21-18-15-12-9-6-3)67-61(64)55-52-49-46-43-40-38-36-33-29-27-25-23-20-17-14-11-8-5-2/h7,10,16,19,24,26,30-31,34-35,39,42,58H,4-6,8-9,11-15,17-18,20-23,25,27-29,32-33,36-38,40-41,43-57H2,1-3H3/b10-7-,19-16-,26-24-,31-30-,35-34-,42-39-. The van der Waals surface area contributed by atoms with Crippen molar-refractivity contribution in [3.63, 3.8) is 0 Å². The van der Waals surface area contributed by atoms with Crippen molar-refractivity contribution in [2.75, 3.05) is 13.2 Å². The number of hydrogen-bond acceptors (Lipinski definition) is 6. The normalized spacial score (nSPS) is 12.6. The predicted molar refractivity (Wildman–Crippen MR) is 288 cm³/mol. The summed E-state index contributed by atoms with van der Waals surface area (Å²) in [5.74, 6) is -0.923. The van der Waals surface area contributed by atoms with E-state index in [4.69, 9.17) is 14.2 Å². The molecule has 0 bridgehead atoms. The zero-order valence-corrected chi connectivity index (χ0v) is 44.2. The van der Waals surface area contributed by atoms with E-state index in [9.17, 15) is 14.4 Å². The lowest BCUT2D eigenvalue weighted by molar-refractivity contribution is -0.167. The Balaban J connectivity index is 4.37. The van der Waals surface area contributed by atoms with Gasteiger partial charge < -0.3 is 14.2 Å². The average Bonchev–Trinajstić information content (AvgIpc) is 3.33. The summed E-state index contributed by atoms with van der Waals surface area (Å²) in [5, 5.41) is 0. The van der Waals surface area contributed by atoms with Crippen molar-refractivity contribution < 1.29 is 28.6 Å². The van der Waals surface area contributed by atoms with Gasteiger partial charge in [0.1, 0.15) is 13.2 Å². The SMILES string of the molecule is CC/C=C\C/C=C\C/C=C\C/C=C\C/C=C\C/C=C\CCCCC(=O)OCC(COC(=O)CCCCCCCCCCCC)OC(=O)CCCCCCCCCCCCCCCCCCCC. The van der Waals surface area contributed by atoms with E-state index in [2.05, 4.69) is 93.7 Å². The van der Waals surface area contributed by atoms with Crippen LogP contribution >= 0.6 is 0 Å². The minimum absolute atomic E-state index is 0.0859. The summed E-state index contributed by atoms with van der Waals surface area (Å²) in [4.78, 5) is 38.0. The fourth-order valence-corrected chi connectivity index (χ4v) is 7.98. The molecule has 6 heteroatoms. The van der Waals surface area contributed by atoms with Crippen molar-refractivity contribution in [2.24, 2.45) is 0 Å². The number of rotatable bonds is 51. The highest BCUT2D eigenvalue weighted by Crippen LogP contribution is 2.16. The zero-order chi connectivity index (χ0) is 48.6. The third-order valence-electron chi connectivity index (χ3n) is 12.2. The summed E-state index contributed by atoms with van der Waals surface area (Å²) >= 11 is 0. The minimum atomic E-state index is -0.789. The van der Waals surface area contributed by atoms with Crippen LogP contribution in [0.5, 0.6) is 0 Å². The van der Waals surface area contributed by atoms with Gasteiger partial charge in [0.15, 0.2) is 6.10 Å². The van der Waals surface area contributed by atoms with Crippen LogP contribution in [0.2, 0.25) is 0 Å². The van der Waals surface area contributed by atoms with Crippen LogP contribution in [0.4, 0.5) is 0 Å². The first kappa shape index (κ1) is 63.8. The molecule has 0 amide bonds. The molecule has 0 radical (unpaired) electrons. The molecule has 0 aliphatic rings. The quantitative estimate of drug-likeness (QED) is 0.0262. The number of esters is 3. The molecule has 0 aromatic carbocycles. The summed E-state index contributed by atoms with van der Waals surface area (Å²) in [6.07, 6.45) is 70.4. The van der Waals surface area contributed by atoms with Crippen LogP contribution in [-0.4, -0.2) is 37.2 Å². The van der Waals surface area contributed by atoms with Gasteiger partial charge in [-0.3, -0.25) is 14.4 Å². The van der Waals surface area contributed by atoms with E-state index >= 15 is 0 Å². The highest BCUT2D eigenvalue weighted by atomic mass is 16.6. The number of carbonyl (C=O) groups is 3. The summed E-state index contributed by atoms with van der Waals surface area (Å²) in [5.41, 5.74) is 0. The second-order valence-corrected chi connectivity index (χ2v) is 18.8. The molecule has 1 unspecified atom stereocenters. The molecule has 386 valence electrons. The lowest BCUT2D eigenvalue weighted by Gasteiger charge is -2.18. The first-order chi connectivity index (χ1) is 33.0. The summed E-state index contributed by atoms with van der Waals surface area (Å²) < 4.78 is 16.8. The molecule has 0 saturated heterocycles. The molecule has 0 N–H and O–H groups in total. The van der Waals surface area contributed by atoms with Gasteiger partial charge in [0.2, 0.25) is 0 Å². The molecule has 0 aromatic heterocycles. The molecule has 1 atom stereocenters. The largest absolute Gasteiger partial charge is 0.462 e. The summed E-state index contributed by atoms with van der Waals surface area (Å²) in [6.45, 7) is 6.50. The van der Waals surface area contributed by atoms with Crippen LogP contribution in [0.3, 0.4) is 0 Å². The Morgan fingerprint density at radius 2 is 0.582 bits per heavy atom. The van der Waals surface area contributed by atoms with Gasteiger partial charge in [0.25, 0.3) is 0 Å². The lowest BCUT2D eigenvalue weighted by Crippen LogP contribution is -2.30. The number of ether oxygens (including phenoxy) is 3. The van der Waals surface area contributed by atoms with Crippen molar-refractivity contribution in [2.45, 2.75) is 284 Å². The van der Waals surface area contributed by atoms with E-state index in [1.54, 1.807) is 0 Å². The van der Waals surface area contributed by atoms with Gasteiger partial charge in [-0.15, -0.1) is 0 Å². The first-order valence-corrected chi connectivity index (χ1v) is 28.4. The monoisotopic (exact) mass is 935 g/mol. The minimum Gasteiger partial charge on any atom is -0.462 e. The molecule has 0 fully saturated rings. The van der Waals surface area contributed by atoms with Crippen molar-refractivity contribution >= 4 is 17.9 Å². The third-order valence-corrected chi connectivity index (χ3v) is 12.2. The molecule has 0 heterocycles. The van der Waals surface area contributed by atoms with Gasteiger partial charge in [0.05, 0.1) is 0 Å². The van der Waals surface area contributed by atoms with E-state index in [-0.39, 0.29) is 31.1 Å². The Kier molecular flexibility index (Phi) is 52.8. The maximum absolute atomic E-state index is 12.8. The van der Waals surface area contributed by atoms with Crippen molar-refractivity contribution in [1.29, 1.82) is 0 Å². The highest BCUT2D eigenvalue weighted by Gasteiger charge is 2.19. The highest BCUT2D eigenvalue weighted by molar-refractivity contribution is 5.71. The third kappa shape index (κ3) is 53.7. The van der Waals surface area contributed by atoms with Gasteiger partial charge >= 0.3 is 17.9 Å². The van der Waals surface area contributed by atoms with E-state index in [0.29, 0.717) is 19.3 Å². The van der Waals surface area contributed by atoms with Crippen molar-refractivity contribution in [1.82, 2.24) is 0 Å². The van der Waals surface area contributed by atoms with Crippen LogP contribution in [0.15, 0.2) is 72.9 Å². The second-order valence-electron chi connectivity index (χ2n) is 18.8. The molecule has 0 spiro atoms. The van der Waals surface area contributed by atoms with Crippen LogP contribution in [0.25, 0.3) is 0 Å². The Labute approximate surface area is 414 Å². The van der Waals surface area contributed by atoms with Gasteiger partial charge in [-0.05, 0) is 70.6 Å². The number of carbonyl (C=O) groups excluding carboxylic acids is 3. The van der Waals surface area contributed by atoms with Crippen LogP contribution in [-0.2, 0) is 28.6 Å². The summed E-state index contributed by atoms with van der Waals surface area (Å²) in [6, 6.07) is 0. The molecule has 0 aliphatic carbocycles. The Morgan fingerprint density at radius 1 is 0.313 bits per heavy atom. The van der Waals surface area contributed by atoms with Gasteiger partial charge in [0, 0.05) is 19.3 Å². The molecule has 6 nitrogen and oxygen atoms in total. The van der Waals surface area contributed by atoms with Gasteiger partial charge in [-0.1, -0.05) is 261 Å². The smallest absolute Gasteiger partial charge is 0.306 e. The second kappa shape index (κ2) is 55.4. The topological polar surface area (TPSA) is 78.9 Å². The van der Waals surface area contributed by atoms with Crippen LogP contribution in [0.1, 0.15) is 278 Å². The molecule has 0 saturated carbocycles. The number of allylic oxidation sites excluding steroid dienone is 12. The molecular formula is C61H106O6. The molecule has 0 rings (SSSR count).